The quantitative estimate of drug-likeness (QED) is 0.682. The van der Waals surface area contributed by atoms with Crippen molar-refractivity contribution in [2.75, 3.05) is 38.5 Å². The fourth-order valence-electron chi connectivity index (χ4n) is 3.43. The van der Waals surface area contributed by atoms with Gasteiger partial charge in [0.05, 0.1) is 45.1 Å². The molecule has 154 valence electrons. The first kappa shape index (κ1) is 19.8. The van der Waals surface area contributed by atoms with Crippen LogP contribution in [0.3, 0.4) is 0 Å². The van der Waals surface area contributed by atoms with Gasteiger partial charge in [-0.2, -0.15) is 5.10 Å². The molecule has 0 saturated carbocycles. The summed E-state index contributed by atoms with van der Waals surface area (Å²) in [5, 5.41) is 7.18. The lowest BCUT2D eigenvalue weighted by Crippen LogP contribution is -3.12. The van der Waals surface area contributed by atoms with Crippen LogP contribution in [-0.4, -0.2) is 59.7 Å². The van der Waals surface area contributed by atoms with Crippen molar-refractivity contribution in [3.8, 4) is 5.69 Å². The first-order valence-electron chi connectivity index (χ1n) is 9.84. The van der Waals surface area contributed by atoms with Crippen LogP contribution in [0, 0.1) is 5.82 Å². The summed E-state index contributed by atoms with van der Waals surface area (Å²) in [6.45, 7) is 3.03. The van der Waals surface area contributed by atoms with Crippen molar-refractivity contribution in [2.24, 2.45) is 0 Å². The summed E-state index contributed by atoms with van der Waals surface area (Å²) in [5.74, 6) is -0.732. The lowest BCUT2D eigenvalue weighted by Gasteiger charge is -2.30. The van der Waals surface area contributed by atoms with Crippen LogP contribution in [0.15, 0.2) is 60.8 Å². The summed E-state index contributed by atoms with van der Waals surface area (Å²) in [6.07, 6.45) is 1.49. The number of carbonyl (C=O) groups is 2. The molecule has 1 fully saturated rings. The van der Waals surface area contributed by atoms with E-state index in [-0.39, 0.29) is 5.91 Å². The zero-order valence-corrected chi connectivity index (χ0v) is 16.6. The van der Waals surface area contributed by atoms with Crippen molar-refractivity contribution in [2.45, 2.75) is 0 Å². The highest BCUT2D eigenvalue weighted by molar-refractivity contribution is 6.08. The van der Waals surface area contributed by atoms with Crippen LogP contribution in [-0.2, 0) is 0 Å². The van der Waals surface area contributed by atoms with Crippen LogP contribution in [0.1, 0.15) is 20.7 Å². The number of quaternary nitrogens is 1. The van der Waals surface area contributed by atoms with E-state index in [1.807, 2.05) is 30.3 Å². The van der Waals surface area contributed by atoms with Crippen LogP contribution in [0.5, 0.6) is 0 Å². The number of nitrogens with one attached hydrogen (secondary N) is 2. The van der Waals surface area contributed by atoms with E-state index in [9.17, 15) is 14.0 Å². The Kier molecular flexibility index (Phi) is 5.58. The summed E-state index contributed by atoms with van der Waals surface area (Å²) < 4.78 is 14.8. The van der Waals surface area contributed by atoms with Crippen LogP contribution in [0.2, 0.25) is 0 Å². The van der Waals surface area contributed by atoms with Gasteiger partial charge in [0, 0.05) is 5.56 Å². The Morgan fingerprint density at radius 3 is 2.37 bits per heavy atom. The zero-order valence-electron chi connectivity index (χ0n) is 16.6. The largest absolute Gasteiger partial charge is 0.334 e. The Labute approximate surface area is 173 Å². The van der Waals surface area contributed by atoms with Gasteiger partial charge in [-0.3, -0.25) is 9.59 Å². The fraction of sp³-hybridized carbons (Fsp3) is 0.227. The number of amides is 2. The molecule has 8 heteroatoms. The van der Waals surface area contributed by atoms with E-state index < -0.39 is 11.7 Å². The third-order valence-electron chi connectivity index (χ3n) is 5.24. The van der Waals surface area contributed by atoms with Gasteiger partial charge < -0.3 is 15.1 Å². The van der Waals surface area contributed by atoms with E-state index in [1.165, 1.54) is 40.0 Å². The molecule has 2 aromatic carbocycles. The van der Waals surface area contributed by atoms with Gasteiger partial charge in [-0.1, -0.05) is 18.2 Å². The molecule has 2 amide bonds. The smallest absolute Gasteiger partial charge is 0.259 e. The van der Waals surface area contributed by atoms with Crippen LogP contribution in [0.4, 0.5) is 10.2 Å². The van der Waals surface area contributed by atoms with Gasteiger partial charge in [0.15, 0.2) is 0 Å². The van der Waals surface area contributed by atoms with Crippen LogP contribution in [0.25, 0.3) is 5.69 Å². The molecule has 2 N–H and O–H groups in total. The molecule has 1 saturated heterocycles. The number of benzene rings is 2. The lowest BCUT2D eigenvalue weighted by atomic mass is 10.2. The van der Waals surface area contributed by atoms with Crippen molar-refractivity contribution in [3.63, 3.8) is 0 Å². The van der Waals surface area contributed by atoms with Gasteiger partial charge >= 0.3 is 0 Å². The highest BCUT2D eigenvalue weighted by Gasteiger charge is 2.28. The van der Waals surface area contributed by atoms with Crippen molar-refractivity contribution in [3.05, 3.63) is 77.7 Å². The van der Waals surface area contributed by atoms with E-state index >= 15 is 0 Å². The van der Waals surface area contributed by atoms with Gasteiger partial charge in [-0.05, 0) is 36.4 Å². The highest BCUT2D eigenvalue weighted by Crippen LogP contribution is 2.23. The molecular formula is C22H23FN5O2+. The predicted molar refractivity (Wildman–Crippen MR) is 110 cm³/mol. The molecule has 0 radical (unpaired) electrons. The number of rotatable bonds is 4. The summed E-state index contributed by atoms with van der Waals surface area (Å²) >= 11 is 0. The van der Waals surface area contributed by atoms with E-state index in [1.54, 1.807) is 4.90 Å². The molecule has 0 spiro atoms. The number of carbonyl (C=O) groups excluding carboxylic acids is 2. The average molecular weight is 408 g/mol. The second-order valence-electron chi connectivity index (χ2n) is 7.36. The Balaban J connectivity index is 1.68. The summed E-state index contributed by atoms with van der Waals surface area (Å²) in [4.78, 5) is 29.2. The lowest BCUT2D eigenvalue weighted by molar-refractivity contribution is -0.883. The predicted octanol–water partition coefficient (Wildman–Crippen LogP) is 1.23. The SMILES string of the molecule is C[NH+]1CCN(C(=O)c2cnn(-c3ccccc3)c2NC(=O)c2ccc(F)cc2)CC1. The first-order valence-corrected chi connectivity index (χ1v) is 9.84. The second kappa shape index (κ2) is 8.46. The van der Waals surface area contributed by atoms with Gasteiger partial charge in [-0.15, -0.1) is 0 Å². The van der Waals surface area contributed by atoms with Crippen molar-refractivity contribution in [1.82, 2.24) is 14.7 Å². The Bertz CT molecular complexity index is 1040. The molecule has 7 nitrogen and oxygen atoms in total. The number of aromatic nitrogens is 2. The van der Waals surface area contributed by atoms with Crippen molar-refractivity contribution in [1.29, 1.82) is 0 Å². The molecule has 0 aliphatic carbocycles. The average Bonchev–Trinajstić information content (AvgIpc) is 3.18. The van der Waals surface area contributed by atoms with Crippen molar-refractivity contribution < 1.29 is 18.9 Å². The monoisotopic (exact) mass is 408 g/mol. The van der Waals surface area contributed by atoms with Gasteiger partial charge in [0.25, 0.3) is 11.8 Å². The first-order chi connectivity index (χ1) is 14.5. The number of nitrogens with zero attached hydrogens (tertiary/aromatic N) is 3. The van der Waals surface area contributed by atoms with E-state index in [4.69, 9.17) is 0 Å². The van der Waals surface area contributed by atoms with Gasteiger partial charge in [-0.25, -0.2) is 9.07 Å². The summed E-state index contributed by atoms with van der Waals surface area (Å²) in [7, 11) is 2.10. The molecule has 4 rings (SSSR count). The second-order valence-corrected chi connectivity index (χ2v) is 7.36. The number of anilines is 1. The molecular weight excluding hydrogens is 385 g/mol. The normalized spacial score (nSPS) is 14.5. The summed E-state index contributed by atoms with van der Waals surface area (Å²) in [5.41, 5.74) is 1.33. The number of hydrogen-bond donors (Lipinski definition) is 2. The minimum absolute atomic E-state index is 0.168. The minimum atomic E-state index is -0.440. The highest BCUT2D eigenvalue weighted by atomic mass is 19.1. The standard InChI is InChI=1S/C22H22FN5O2/c1-26-11-13-27(14-12-26)22(30)19-15-24-28(18-5-3-2-4-6-18)20(19)25-21(29)16-7-9-17(23)10-8-16/h2-10,15H,11-14H2,1H3,(H,25,29)/p+1. The molecule has 1 aliphatic heterocycles. The maximum absolute atomic E-state index is 13.2. The molecule has 0 atom stereocenters. The zero-order chi connectivity index (χ0) is 21.1. The summed E-state index contributed by atoms with van der Waals surface area (Å²) in [6, 6.07) is 14.5. The fourth-order valence-corrected chi connectivity index (χ4v) is 3.43. The molecule has 0 unspecified atom stereocenters. The van der Waals surface area contributed by atoms with Gasteiger partial charge in [0.1, 0.15) is 17.2 Å². The van der Waals surface area contributed by atoms with Crippen LogP contribution >= 0.6 is 0 Å². The van der Waals surface area contributed by atoms with E-state index in [0.29, 0.717) is 35.7 Å². The molecule has 3 aromatic rings. The molecule has 0 bridgehead atoms. The number of para-hydroxylation sites is 1. The number of halogens is 1. The Morgan fingerprint density at radius 1 is 1.03 bits per heavy atom. The molecule has 30 heavy (non-hydrogen) atoms. The maximum Gasteiger partial charge on any atom is 0.259 e. The molecule has 1 aliphatic rings. The molecule has 1 aromatic heterocycles. The van der Waals surface area contributed by atoms with E-state index in [0.717, 1.165) is 13.1 Å². The Hall–Kier alpha value is -3.52. The topological polar surface area (TPSA) is 71.7 Å². The van der Waals surface area contributed by atoms with Crippen LogP contribution < -0.4 is 10.2 Å². The third-order valence-corrected chi connectivity index (χ3v) is 5.24. The van der Waals surface area contributed by atoms with E-state index in [2.05, 4.69) is 17.5 Å². The number of piperazine rings is 1. The third kappa shape index (κ3) is 4.08. The van der Waals surface area contributed by atoms with Gasteiger partial charge in [0.2, 0.25) is 0 Å². The van der Waals surface area contributed by atoms with Crippen molar-refractivity contribution >= 4 is 17.6 Å². The Morgan fingerprint density at radius 2 is 1.70 bits per heavy atom. The minimum Gasteiger partial charge on any atom is -0.334 e. The number of likely N-dealkylation sites (N-methyl/N-ethyl adjacent to an activating group) is 1. The molecule has 2 heterocycles. The maximum atomic E-state index is 13.2. The number of hydrogen-bond acceptors (Lipinski definition) is 3.